The molecule has 1 amide bonds. The summed E-state index contributed by atoms with van der Waals surface area (Å²) in [4.78, 5) is 13.6. The fourth-order valence-corrected chi connectivity index (χ4v) is 5.12. The van der Waals surface area contributed by atoms with E-state index in [4.69, 9.17) is 0 Å². The van der Waals surface area contributed by atoms with E-state index in [9.17, 15) is 21.6 Å². The van der Waals surface area contributed by atoms with Crippen molar-refractivity contribution in [1.29, 1.82) is 0 Å². The predicted molar refractivity (Wildman–Crippen MR) is 87.5 cm³/mol. The zero-order valence-electron chi connectivity index (χ0n) is 13.6. The molecule has 0 radical (unpaired) electrons. The summed E-state index contributed by atoms with van der Waals surface area (Å²) in [6.45, 7) is 2.26. The fourth-order valence-electron chi connectivity index (χ4n) is 2.76. The summed E-state index contributed by atoms with van der Waals surface area (Å²) < 4.78 is 50.4. The van der Waals surface area contributed by atoms with Crippen molar-refractivity contribution in [1.82, 2.24) is 9.21 Å². The topological polar surface area (TPSA) is 91.8 Å². The third-order valence-corrected chi connectivity index (χ3v) is 7.48. The van der Waals surface area contributed by atoms with Gasteiger partial charge in [0.1, 0.15) is 0 Å². The van der Waals surface area contributed by atoms with Gasteiger partial charge >= 0.3 is 0 Å². The van der Waals surface area contributed by atoms with E-state index in [1.807, 2.05) is 0 Å². The summed E-state index contributed by atoms with van der Waals surface area (Å²) in [5.41, 5.74) is 0.481. The zero-order valence-corrected chi connectivity index (χ0v) is 15.2. The number of nitrogens with zero attached hydrogens (tertiary/aromatic N) is 2. The summed E-state index contributed by atoms with van der Waals surface area (Å²) in [6.07, 6.45) is 2.79. The van der Waals surface area contributed by atoms with Gasteiger partial charge in [0.15, 0.2) is 9.84 Å². The van der Waals surface area contributed by atoms with E-state index in [1.165, 1.54) is 22.5 Å². The molecule has 7 nitrogen and oxygen atoms in total. The first kappa shape index (κ1) is 17.4. The first-order valence-electron chi connectivity index (χ1n) is 7.70. The molecule has 0 aromatic heterocycles. The van der Waals surface area contributed by atoms with Gasteiger partial charge in [-0.2, -0.15) is 4.31 Å². The third-order valence-electron chi connectivity index (χ3n) is 4.39. The van der Waals surface area contributed by atoms with E-state index >= 15 is 0 Å². The quantitative estimate of drug-likeness (QED) is 0.772. The number of sulfonamides is 1. The smallest absolute Gasteiger partial charge is 0.244 e. The Morgan fingerprint density at radius 2 is 1.79 bits per heavy atom. The van der Waals surface area contributed by atoms with Gasteiger partial charge in [-0.25, -0.2) is 16.8 Å². The van der Waals surface area contributed by atoms with Gasteiger partial charge in [-0.1, -0.05) is 6.07 Å². The Bertz CT molecular complexity index is 888. The molecule has 1 aromatic rings. The molecule has 3 rings (SSSR count). The average Bonchev–Trinajstić information content (AvgIpc) is 3.21. The molecule has 132 valence electrons. The maximum Gasteiger partial charge on any atom is 0.244 e. The fraction of sp³-hybridized carbons (Fsp3) is 0.533. The van der Waals surface area contributed by atoms with Gasteiger partial charge in [0.25, 0.3) is 0 Å². The van der Waals surface area contributed by atoms with Gasteiger partial charge in [-0.05, 0) is 37.5 Å². The summed E-state index contributed by atoms with van der Waals surface area (Å²) >= 11 is 0. The maximum absolute atomic E-state index is 12.9. The van der Waals surface area contributed by atoms with Crippen LogP contribution in [-0.2, 0) is 24.7 Å². The molecule has 0 unspecified atom stereocenters. The lowest BCUT2D eigenvalue weighted by Gasteiger charge is -2.19. The van der Waals surface area contributed by atoms with Crippen LogP contribution in [0.4, 0.5) is 0 Å². The highest BCUT2D eigenvalue weighted by Crippen LogP contribution is 2.32. The standard InChI is InChI=1S/C15H20N2O5S2/c1-11-3-6-13(23(2,19)20)9-14(11)24(21,22)17-8-7-16(10-17)15(18)12-4-5-12/h3,6,9,12H,4-5,7-8,10H2,1-2H3. The zero-order chi connectivity index (χ0) is 17.7. The molecule has 1 aliphatic heterocycles. The monoisotopic (exact) mass is 372 g/mol. The Labute approximate surface area is 142 Å². The number of amides is 1. The van der Waals surface area contributed by atoms with E-state index in [0.29, 0.717) is 12.1 Å². The molecule has 1 aromatic carbocycles. The first-order valence-corrected chi connectivity index (χ1v) is 11.0. The van der Waals surface area contributed by atoms with Crippen molar-refractivity contribution < 1.29 is 21.6 Å². The van der Waals surface area contributed by atoms with Gasteiger partial charge in [-0.15, -0.1) is 0 Å². The van der Waals surface area contributed by atoms with E-state index in [2.05, 4.69) is 0 Å². The molecular weight excluding hydrogens is 352 g/mol. The molecule has 1 saturated carbocycles. The lowest BCUT2D eigenvalue weighted by molar-refractivity contribution is -0.131. The van der Waals surface area contributed by atoms with Crippen molar-refractivity contribution in [2.24, 2.45) is 5.92 Å². The normalized spacial score (nSPS) is 19.7. The molecular formula is C15H20N2O5S2. The Morgan fingerprint density at radius 1 is 1.12 bits per heavy atom. The van der Waals surface area contributed by atoms with Gasteiger partial charge in [0.2, 0.25) is 15.9 Å². The average molecular weight is 372 g/mol. The van der Waals surface area contributed by atoms with Crippen LogP contribution in [0, 0.1) is 12.8 Å². The van der Waals surface area contributed by atoms with Crippen LogP contribution >= 0.6 is 0 Å². The summed E-state index contributed by atoms with van der Waals surface area (Å²) in [6, 6.07) is 4.09. The number of carbonyl (C=O) groups is 1. The molecule has 24 heavy (non-hydrogen) atoms. The second-order valence-electron chi connectivity index (χ2n) is 6.40. The first-order chi connectivity index (χ1) is 11.1. The van der Waals surface area contributed by atoms with Crippen LogP contribution in [0.1, 0.15) is 18.4 Å². The van der Waals surface area contributed by atoms with E-state index in [0.717, 1.165) is 19.1 Å². The molecule has 9 heteroatoms. The van der Waals surface area contributed by atoms with E-state index in [1.54, 1.807) is 11.8 Å². The minimum absolute atomic E-state index is 0.00862. The van der Waals surface area contributed by atoms with Gasteiger partial charge in [0.05, 0.1) is 16.5 Å². The minimum atomic E-state index is -3.85. The molecule has 0 bridgehead atoms. The van der Waals surface area contributed by atoms with E-state index < -0.39 is 19.9 Å². The van der Waals surface area contributed by atoms with Gasteiger partial charge < -0.3 is 4.90 Å². The van der Waals surface area contributed by atoms with Crippen molar-refractivity contribution >= 4 is 25.8 Å². The van der Waals surface area contributed by atoms with Crippen LogP contribution in [0.15, 0.2) is 28.0 Å². The van der Waals surface area contributed by atoms with Gasteiger partial charge in [0, 0.05) is 25.3 Å². The number of benzene rings is 1. The van der Waals surface area contributed by atoms with Crippen LogP contribution in [0.25, 0.3) is 0 Å². The Morgan fingerprint density at radius 3 is 2.38 bits per heavy atom. The molecule has 1 saturated heterocycles. The largest absolute Gasteiger partial charge is 0.327 e. The van der Waals surface area contributed by atoms with Crippen LogP contribution < -0.4 is 0 Å². The third kappa shape index (κ3) is 3.20. The second-order valence-corrected chi connectivity index (χ2v) is 10.3. The van der Waals surface area contributed by atoms with E-state index in [-0.39, 0.29) is 34.8 Å². The predicted octanol–water partition coefficient (Wildman–Crippen LogP) is 0.599. The molecule has 0 atom stereocenters. The molecule has 1 aliphatic carbocycles. The number of aryl methyl sites for hydroxylation is 1. The number of hydrogen-bond acceptors (Lipinski definition) is 5. The van der Waals surface area contributed by atoms with Crippen LogP contribution in [-0.4, -0.2) is 58.0 Å². The summed E-state index contributed by atoms with van der Waals surface area (Å²) in [5, 5.41) is 0. The van der Waals surface area contributed by atoms with Crippen LogP contribution in [0.3, 0.4) is 0 Å². The van der Waals surface area contributed by atoms with Crippen molar-refractivity contribution in [2.75, 3.05) is 26.0 Å². The highest BCUT2D eigenvalue weighted by Gasteiger charge is 2.39. The molecule has 0 spiro atoms. The van der Waals surface area contributed by atoms with Crippen LogP contribution in [0.5, 0.6) is 0 Å². The minimum Gasteiger partial charge on any atom is -0.327 e. The Hall–Kier alpha value is -1.45. The van der Waals surface area contributed by atoms with Crippen molar-refractivity contribution in [3.8, 4) is 0 Å². The van der Waals surface area contributed by atoms with Crippen molar-refractivity contribution in [2.45, 2.75) is 29.6 Å². The molecule has 2 fully saturated rings. The molecule has 2 aliphatic rings. The second kappa shape index (κ2) is 5.82. The lowest BCUT2D eigenvalue weighted by atomic mass is 10.2. The number of rotatable bonds is 4. The number of hydrogen-bond donors (Lipinski definition) is 0. The SMILES string of the molecule is Cc1ccc(S(C)(=O)=O)cc1S(=O)(=O)N1CCN(C(=O)C2CC2)C1. The number of carbonyl (C=O) groups excluding carboxylic acids is 1. The summed E-state index contributed by atoms with van der Waals surface area (Å²) in [7, 11) is -7.35. The molecule has 0 N–H and O–H groups in total. The highest BCUT2D eigenvalue weighted by atomic mass is 32.2. The van der Waals surface area contributed by atoms with Crippen molar-refractivity contribution in [3.05, 3.63) is 23.8 Å². The van der Waals surface area contributed by atoms with Gasteiger partial charge in [-0.3, -0.25) is 4.79 Å². The lowest BCUT2D eigenvalue weighted by Crippen LogP contribution is -2.35. The Kier molecular flexibility index (Phi) is 4.21. The highest BCUT2D eigenvalue weighted by molar-refractivity contribution is 7.91. The van der Waals surface area contributed by atoms with Crippen molar-refractivity contribution in [3.63, 3.8) is 0 Å². The Balaban J connectivity index is 1.90. The summed E-state index contributed by atoms with van der Waals surface area (Å²) in [5.74, 6) is 0.0530. The maximum atomic E-state index is 12.9. The molecule has 1 heterocycles. The van der Waals surface area contributed by atoms with Crippen LogP contribution in [0.2, 0.25) is 0 Å². The number of sulfone groups is 1.